The summed E-state index contributed by atoms with van der Waals surface area (Å²) in [7, 11) is 0. The predicted octanol–water partition coefficient (Wildman–Crippen LogP) is 3.39. The molecule has 0 spiro atoms. The number of aryl methyl sites for hydroxylation is 2. The molecule has 1 heterocycles. The monoisotopic (exact) mass is 468 g/mol. The largest absolute Gasteiger partial charge is 0.490 e. The van der Waals surface area contributed by atoms with E-state index >= 15 is 0 Å². The zero-order valence-corrected chi connectivity index (χ0v) is 19.5. The minimum Gasteiger partial charge on any atom is -0.490 e. The number of carbonyl (C=O) groups excluding carboxylic acids is 2. The van der Waals surface area contributed by atoms with E-state index in [1.165, 1.54) is 24.0 Å². The molecule has 33 heavy (non-hydrogen) atoms. The van der Waals surface area contributed by atoms with Gasteiger partial charge in [-0.1, -0.05) is 12.1 Å². The Labute approximate surface area is 196 Å². The van der Waals surface area contributed by atoms with Gasteiger partial charge in [0.25, 0.3) is 11.8 Å². The highest BCUT2D eigenvalue weighted by atomic mass is 32.1. The van der Waals surface area contributed by atoms with E-state index in [-0.39, 0.29) is 16.4 Å². The Balaban J connectivity index is 1.99. The average Bonchev–Trinajstić information content (AvgIpc) is 2.72. The van der Waals surface area contributed by atoms with Gasteiger partial charge in [-0.2, -0.15) is 0 Å². The van der Waals surface area contributed by atoms with Crippen LogP contribution in [0.15, 0.2) is 42.0 Å². The Morgan fingerprint density at radius 2 is 1.82 bits per heavy atom. The lowest BCUT2D eigenvalue weighted by Crippen LogP contribution is -2.54. The van der Waals surface area contributed by atoms with Crippen molar-refractivity contribution in [1.29, 1.82) is 0 Å². The second-order valence-electron chi connectivity index (χ2n) is 7.54. The van der Waals surface area contributed by atoms with Gasteiger partial charge in [-0.15, -0.1) is 0 Å². The Morgan fingerprint density at radius 3 is 2.42 bits per heavy atom. The number of amides is 2. The summed E-state index contributed by atoms with van der Waals surface area (Å²) in [6.45, 7) is 7.31. The van der Waals surface area contributed by atoms with Crippen LogP contribution in [0, 0.1) is 13.8 Å². The van der Waals surface area contributed by atoms with Gasteiger partial charge in [-0.05, 0) is 86.9 Å². The first-order valence-corrected chi connectivity index (χ1v) is 10.7. The van der Waals surface area contributed by atoms with E-state index in [4.69, 9.17) is 26.8 Å². The van der Waals surface area contributed by atoms with E-state index in [2.05, 4.69) is 5.32 Å². The number of ether oxygens (including phenoxy) is 2. The highest BCUT2D eigenvalue weighted by Crippen LogP contribution is 2.31. The zero-order valence-electron chi connectivity index (χ0n) is 18.7. The fourth-order valence-corrected chi connectivity index (χ4v) is 3.64. The molecule has 9 heteroatoms. The highest BCUT2D eigenvalue weighted by Gasteiger charge is 2.34. The Kier molecular flexibility index (Phi) is 7.13. The number of hydrogen-bond acceptors (Lipinski definition) is 6. The van der Waals surface area contributed by atoms with Crippen LogP contribution in [-0.4, -0.2) is 40.7 Å². The van der Waals surface area contributed by atoms with Gasteiger partial charge < -0.3 is 14.6 Å². The number of thiocarbonyl (C=S) groups is 1. The number of aliphatic carboxylic acids is 1. The molecule has 0 aromatic heterocycles. The maximum absolute atomic E-state index is 13.3. The lowest BCUT2D eigenvalue weighted by molar-refractivity contribution is -0.144. The normalized spacial score (nSPS) is 15.9. The Morgan fingerprint density at radius 1 is 1.15 bits per heavy atom. The molecule has 2 N–H and O–H groups in total. The second-order valence-corrected chi connectivity index (χ2v) is 7.93. The van der Waals surface area contributed by atoms with Gasteiger partial charge in [-0.3, -0.25) is 19.8 Å². The molecule has 172 valence electrons. The standard InChI is InChI=1S/C24H24N2O6S/c1-5-31-20-12-16(6-7-19(20)32-15(4)23(29)30)11-18-21(27)25-24(33)26(22(18)28)17-9-13(2)8-14(3)10-17/h6-12,15H,5H2,1-4H3,(H,29,30)(H,25,27,33)/b18-11-. The van der Waals surface area contributed by atoms with E-state index in [1.54, 1.807) is 19.1 Å². The van der Waals surface area contributed by atoms with Gasteiger partial charge in [0.2, 0.25) is 0 Å². The molecule has 0 radical (unpaired) electrons. The van der Waals surface area contributed by atoms with E-state index in [0.717, 1.165) is 11.1 Å². The molecule has 1 aliphatic rings. The van der Waals surface area contributed by atoms with Gasteiger partial charge in [0.05, 0.1) is 12.3 Å². The van der Waals surface area contributed by atoms with Crippen molar-refractivity contribution in [3.05, 3.63) is 58.7 Å². The molecule has 1 fully saturated rings. The van der Waals surface area contributed by atoms with Gasteiger partial charge in [0, 0.05) is 0 Å². The number of carbonyl (C=O) groups is 3. The first kappa shape index (κ1) is 23.9. The fourth-order valence-electron chi connectivity index (χ4n) is 3.36. The number of benzene rings is 2. The highest BCUT2D eigenvalue weighted by molar-refractivity contribution is 7.80. The van der Waals surface area contributed by atoms with Crippen LogP contribution in [0.3, 0.4) is 0 Å². The molecule has 8 nitrogen and oxygen atoms in total. The van der Waals surface area contributed by atoms with Crippen LogP contribution in [0.5, 0.6) is 11.5 Å². The minimum absolute atomic E-state index is 0.00793. The molecular weight excluding hydrogens is 444 g/mol. The number of nitrogens with one attached hydrogen (secondary N) is 1. The molecule has 2 aromatic rings. The van der Waals surface area contributed by atoms with Crippen LogP contribution in [0.2, 0.25) is 0 Å². The third-order valence-electron chi connectivity index (χ3n) is 4.80. The smallest absolute Gasteiger partial charge is 0.344 e. The van der Waals surface area contributed by atoms with Gasteiger partial charge in [0.15, 0.2) is 22.7 Å². The summed E-state index contributed by atoms with van der Waals surface area (Å²) in [4.78, 5) is 38.3. The summed E-state index contributed by atoms with van der Waals surface area (Å²) in [6, 6.07) is 10.3. The van der Waals surface area contributed by atoms with Crippen LogP contribution in [0.1, 0.15) is 30.5 Å². The molecule has 1 aliphatic heterocycles. The van der Waals surface area contributed by atoms with Crippen molar-refractivity contribution in [2.45, 2.75) is 33.8 Å². The number of rotatable bonds is 7. The van der Waals surface area contributed by atoms with Crippen molar-refractivity contribution in [2.75, 3.05) is 11.5 Å². The molecule has 1 unspecified atom stereocenters. The maximum atomic E-state index is 13.3. The van der Waals surface area contributed by atoms with Crippen molar-refractivity contribution in [3.63, 3.8) is 0 Å². The molecule has 0 aliphatic carbocycles. The van der Waals surface area contributed by atoms with Crippen molar-refractivity contribution in [1.82, 2.24) is 5.32 Å². The van der Waals surface area contributed by atoms with Crippen molar-refractivity contribution in [2.24, 2.45) is 0 Å². The zero-order chi connectivity index (χ0) is 24.3. The van der Waals surface area contributed by atoms with Crippen molar-refractivity contribution >= 4 is 46.9 Å². The van der Waals surface area contributed by atoms with Crippen LogP contribution in [-0.2, 0) is 14.4 Å². The first-order chi connectivity index (χ1) is 15.6. The van der Waals surface area contributed by atoms with E-state index in [0.29, 0.717) is 23.6 Å². The maximum Gasteiger partial charge on any atom is 0.344 e. The molecule has 0 saturated carbocycles. The number of carboxylic acids is 1. The van der Waals surface area contributed by atoms with Crippen LogP contribution in [0.25, 0.3) is 6.08 Å². The van der Waals surface area contributed by atoms with Gasteiger partial charge in [-0.25, -0.2) is 4.79 Å². The van der Waals surface area contributed by atoms with Gasteiger partial charge >= 0.3 is 5.97 Å². The van der Waals surface area contributed by atoms with E-state index in [1.807, 2.05) is 32.0 Å². The molecule has 1 atom stereocenters. The summed E-state index contributed by atoms with van der Waals surface area (Å²) in [5.74, 6) is -1.73. The summed E-state index contributed by atoms with van der Waals surface area (Å²) in [6.07, 6.45) is 0.355. The lowest BCUT2D eigenvalue weighted by atomic mass is 10.1. The average molecular weight is 469 g/mol. The van der Waals surface area contributed by atoms with Gasteiger partial charge in [0.1, 0.15) is 5.57 Å². The number of hydrogen-bond donors (Lipinski definition) is 2. The minimum atomic E-state index is -1.12. The molecule has 2 aromatic carbocycles. The SMILES string of the molecule is CCOc1cc(/C=C2/C(=O)NC(=S)N(c3cc(C)cc(C)c3)C2=O)ccc1OC(C)C(=O)O. The topological polar surface area (TPSA) is 105 Å². The Bertz CT molecular complexity index is 1150. The molecule has 1 saturated heterocycles. The van der Waals surface area contributed by atoms with E-state index < -0.39 is 23.9 Å². The van der Waals surface area contributed by atoms with Crippen molar-refractivity contribution in [3.8, 4) is 11.5 Å². The molecule has 0 bridgehead atoms. The Hall–Kier alpha value is -3.72. The summed E-state index contributed by atoms with van der Waals surface area (Å²) in [5, 5.41) is 11.7. The molecular formula is C24H24N2O6S. The van der Waals surface area contributed by atoms with Crippen LogP contribution in [0.4, 0.5) is 5.69 Å². The number of anilines is 1. The second kappa shape index (κ2) is 9.83. The third kappa shape index (κ3) is 5.38. The number of nitrogens with zero attached hydrogens (tertiary/aromatic N) is 1. The third-order valence-corrected chi connectivity index (χ3v) is 5.08. The predicted molar refractivity (Wildman–Crippen MR) is 127 cm³/mol. The summed E-state index contributed by atoms with van der Waals surface area (Å²) < 4.78 is 11.0. The quantitative estimate of drug-likeness (QED) is 0.365. The molecule has 2 amide bonds. The summed E-state index contributed by atoms with van der Waals surface area (Å²) in [5.41, 5.74) is 2.87. The van der Waals surface area contributed by atoms with Crippen LogP contribution < -0.4 is 19.7 Å². The van der Waals surface area contributed by atoms with Crippen molar-refractivity contribution < 1.29 is 29.0 Å². The first-order valence-electron chi connectivity index (χ1n) is 10.3. The fraction of sp³-hybridized carbons (Fsp3) is 0.250. The molecule has 3 rings (SSSR count). The summed E-state index contributed by atoms with van der Waals surface area (Å²) >= 11 is 5.26. The number of carboxylic acid groups (broad SMARTS) is 1. The van der Waals surface area contributed by atoms with E-state index in [9.17, 15) is 14.4 Å². The van der Waals surface area contributed by atoms with Crippen LogP contribution >= 0.6 is 12.2 Å². The lowest BCUT2D eigenvalue weighted by Gasteiger charge is -2.29.